The third-order valence-electron chi connectivity index (χ3n) is 3.45. The summed E-state index contributed by atoms with van der Waals surface area (Å²) in [5, 5.41) is 7.61. The van der Waals surface area contributed by atoms with Crippen LogP contribution >= 0.6 is 0 Å². The van der Waals surface area contributed by atoms with Gasteiger partial charge in [-0.3, -0.25) is 8.89 Å². The molecule has 0 bridgehead atoms. The molecule has 2 aromatic rings. The molecule has 0 aliphatic carbocycles. The van der Waals surface area contributed by atoms with Gasteiger partial charge in [-0.25, -0.2) is 0 Å². The van der Waals surface area contributed by atoms with Gasteiger partial charge < -0.3 is 10.1 Å². The van der Waals surface area contributed by atoms with Gasteiger partial charge in [-0.1, -0.05) is 12.1 Å². The van der Waals surface area contributed by atoms with Gasteiger partial charge in [-0.15, -0.1) is 5.10 Å². The van der Waals surface area contributed by atoms with E-state index in [1.165, 1.54) is 0 Å². The quantitative estimate of drug-likeness (QED) is 0.881. The third kappa shape index (κ3) is 4.82. The first-order chi connectivity index (χ1) is 10.8. The van der Waals surface area contributed by atoms with Gasteiger partial charge in [-0.2, -0.15) is 0 Å². The van der Waals surface area contributed by atoms with E-state index in [2.05, 4.69) is 10.4 Å². The molecule has 1 heterocycles. The number of aromatic nitrogens is 2. The van der Waals surface area contributed by atoms with Gasteiger partial charge in [0.15, 0.2) is 0 Å². The molecule has 0 amide bonds. The fraction of sp³-hybridized carbons (Fsp3) is 0.471. The van der Waals surface area contributed by atoms with Crippen LogP contribution < -0.4 is 10.1 Å². The number of nitrogens with zero attached hydrogens (tertiary/aromatic N) is 2. The molecule has 0 aliphatic rings. The van der Waals surface area contributed by atoms with Gasteiger partial charge in [0.25, 0.3) is 0 Å². The maximum absolute atomic E-state index is 12.3. The SMILES string of the molecule is COc1nn(C)cc1CNc1cccc(CS(=O)C(C)(C)C)c1. The van der Waals surface area contributed by atoms with Crippen molar-refractivity contribution < 1.29 is 8.95 Å². The predicted octanol–water partition coefficient (Wildman–Crippen LogP) is 3.09. The Hall–Kier alpha value is -1.82. The lowest BCUT2D eigenvalue weighted by atomic mass is 10.2. The zero-order chi connectivity index (χ0) is 17.0. The maximum atomic E-state index is 12.3. The molecule has 0 saturated carbocycles. The Morgan fingerprint density at radius 1 is 1.35 bits per heavy atom. The molecule has 126 valence electrons. The van der Waals surface area contributed by atoms with Crippen LogP contribution in [0.3, 0.4) is 0 Å². The zero-order valence-corrected chi connectivity index (χ0v) is 15.2. The summed E-state index contributed by atoms with van der Waals surface area (Å²) in [5.41, 5.74) is 3.07. The first-order valence-electron chi connectivity index (χ1n) is 7.57. The standard InChI is InChI=1S/C17H25N3O2S/c1-17(2,3)23(21)12-13-7-6-8-15(9-13)18-10-14-11-20(4)19-16(14)22-5/h6-9,11,18H,10,12H2,1-5H3. The van der Waals surface area contributed by atoms with Crippen molar-refractivity contribution in [1.29, 1.82) is 0 Å². The van der Waals surface area contributed by atoms with E-state index in [-0.39, 0.29) is 4.75 Å². The van der Waals surface area contributed by atoms with Crippen LogP contribution in [-0.2, 0) is 30.1 Å². The fourth-order valence-electron chi connectivity index (χ4n) is 2.15. The van der Waals surface area contributed by atoms with Crippen LogP contribution in [0.25, 0.3) is 0 Å². The highest BCUT2D eigenvalue weighted by Crippen LogP contribution is 2.20. The van der Waals surface area contributed by atoms with Gasteiger partial charge in [0.05, 0.1) is 12.7 Å². The molecule has 1 atom stereocenters. The van der Waals surface area contributed by atoms with Gasteiger partial charge >= 0.3 is 0 Å². The van der Waals surface area contributed by atoms with Crippen LogP contribution in [0.2, 0.25) is 0 Å². The molecule has 1 unspecified atom stereocenters. The second kappa shape index (κ2) is 7.17. The number of anilines is 1. The van der Waals surface area contributed by atoms with Crippen LogP contribution in [0.1, 0.15) is 31.9 Å². The van der Waals surface area contributed by atoms with Crippen molar-refractivity contribution in [2.75, 3.05) is 12.4 Å². The number of methoxy groups -OCH3 is 1. The lowest BCUT2D eigenvalue weighted by Crippen LogP contribution is -2.22. The molecule has 0 radical (unpaired) electrons. The van der Waals surface area contributed by atoms with E-state index in [1.807, 2.05) is 58.3 Å². The van der Waals surface area contributed by atoms with Crippen molar-refractivity contribution in [1.82, 2.24) is 9.78 Å². The summed E-state index contributed by atoms with van der Waals surface area (Å²) in [6.45, 7) is 6.63. The number of aryl methyl sites for hydroxylation is 1. The molecule has 5 nitrogen and oxygen atoms in total. The van der Waals surface area contributed by atoms with Crippen LogP contribution in [0.4, 0.5) is 5.69 Å². The van der Waals surface area contributed by atoms with E-state index in [0.29, 0.717) is 18.2 Å². The highest BCUT2D eigenvalue weighted by molar-refractivity contribution is 7.85. The Morgan fingerprint density at radius 3 is 2.74 bits per heavy atom. The lowest BCUT2D eigenvalue weighted by Gasteiger charge is -2.18. The van der Waals surface area contributed by atoms with Crippen molar-refractivity contribution in [2.45, 2.75) is 37.8 Å². The van der Waals surface area contributed by atoms with Crippen LogP contribution in [0.5, 0.6) is 5.88 Å². The van der Waals surface area contributed by atoms with Crippen molar-refractivity contribution in [3.8, 4) is 5.88 Å². The molecule has 0 saturated heterocycles. The van der Waals surface area contributed by atoms with Crippen LogP contribution in [0, 0.1) is 0 Å². The van der Waals surface area contributed by atoms with Crippen molar-refractivity contribution in [2.24, 2.45) is 7.05 Å². The number of hydrogen-bond donors (Lipinski definition) is 1. The smallest absolute Gasteiger partial charge is 0.237 e. The summed E-state index contributed by atoms with van der Waals surface area (Å²) in [5.74, 6) is 1.19. The molecule has 0 aliphatic heterocycles. The topological polar surface area (TPSA) is 56.1 Å². The minimum absolute atomic E-state index is 0.202. The third-order valence-corrected chi connectivity index (χ3v) is 5.41. The molecule has 1 aromatic heterocycles. The fourth-order valence-corrected chi connectivity index (χ4v) is 3.06. The Balaban J connectivity index is 2.04. The van der Waals surface area contributed by atoms with E-state index in [9.17, 15) is 4.21 Å². The second-order valence-corrected chi connectivity index (χ2v) is 8.70. The normalized spacial score (nSPS) is 12.9. The molecule has 1 N–H and O–H groups in total. The monoisotopic (exact) mass is 335 g/mol. The summed E-state index contributed by atoms with van der Waals surface area (Å²) in [6.07, 6.45) is 1.93. The highest BCUT2D eigenvalue weighted by atomic mass is 32.2. The molecular weight excluding hydrogens is 310 g/mol. The van der Waals surface area contributed by atoms with Crippen LogP contribution in [-0.4, -0.2) is 25.8 Å². The predicted molar refractivity (Wildman–Crippen MR) is 95.1 cm³/mol. The molecular formula is C17H25N3O2S. The molecule has 2 rings (SSSR count). The van der Waals surface area contributed by atoms with E-state index in [4.69, 9.17) is 4.74 Å². The van der Waals surface area contributed by atoms with E-state index in [0.717, 1.165) is 16.8 Å². The van der Waals surface area contributed by atoms with Gasteiger partial charge in [0.2, 0.25) is 5.88 Å². The average molecular weight is 335 g/mol. The summed E-state index contributed by atoms with van der Waals surface area (Å²) in [7, 11) is 2.59. The molecule has 0 spiro atoms. The Kier molecular flexibility index (Phi) is 5.46. The number of nitrogens with one attached hydrogen (secondary N) is 1. The maximum Gasteiger partial charge on any atom is 0.237 e. The van der Waals surface area contributed by atoms with Gasteiger partial charge in [0, 0.05) is 46.8 Å². The molecule has 23 heavy (non-hydrogen) atoms. The molecule has 6 heteroatoms. The van der Waals surface area contributed by atoms with Crippen molar-refractivity contribution in [3.05, 3.63) is 41.6 Å². The molecule has 1 aromatic carbocycles. The number of rotatable bonds is 6. The van der Waals surface area contributed by atoms with E-state index in [1.54, 1.807) is 11.8 Å². The van der Waals surface area contributed by atoms with Crippen molar-refractivity contribution >= 4 is 16.5 Å². The number of ether oxygens (including phenoxy) is 1. The van der Waals surface area contributed by atoms with E-state index >= 15 is 0 Å². The highest BCUT2D eigenvalue weighted by Gasteiger charge is 2.19. The van der Waals surface area contributed by atoms with Crippen molar-refractivity contribution in [3.63, 3.8) is 0 Å². The Bertz CT molecular complexity index is 689. The summed E-state index contributed by atoms with van der Waals surface area (Å²) in [6, 6.07) is 8.05. The number of hydrogen-bond acceptors (Lipinski definition) is 4. The number of benzene rings is 1. The molecule has 0 fully saturated rings. The lowest BCUT2D eigenvalue weighted by molar-refractivity contribution is 0.388. The average Bonchev–Trinajstić information content (AvgIpc) is 2.84. The van der Waals surface area contributed by atoms with Gasteiger partial charge in [0.1, 0.15) is 0 Å². The summed E-state index contributed by atoms with van der Waals surface area (Å²) < 4.78 is 19.1. The summed E-state index contributed by atoms with van der Waals surface area (Å²) >= 11 is 0. The second-order valence-electron chi connectivity index (χ2n) is 6.49. The minimum atomic E-state index is -0.899. The van der Waals surface area contributed by atoms with Crippen LogP contribution in [0.15, 0.2) is 30.5 Å². The van der Waals surface area contributed by atoms with Gasteiger partial charge in [-0.05, 0) is 38.5 Å². The Labute approximate surface area is 140 Å². The largest absolute Gasteiger partial charge is 0.480 e. The minimum Gasteiger partial charge on any atom is -0.480 e. The first kappa shape index (κ1) is 17.5. The Morgan fingerprint density at radius 2 is 2.09 bits per heavy atom. The first-order valence-corrected chi connectivity index (χ1v) is 8.89. The zero-order valence-electron chi connectivity index (χ0n) is 14.4. The summed E-state index contributed by atoms with van der Waals surface area (Å²) in [4.78, 5) is 0. The van der Waals surface area contributed by atoms with E-state index < -0.39 is 10.8 Å².